The molecule has 1 aliphatic rings. The second-order valence-electron chi connectivity index (χ2n) is 12.6. The van der Waals surface area contributed by atoms with Gasteiger partial charge in [-0.2, -0.15) is 0 Å². The van der Waals surface area contributed by atoms with Crippen LogP contribution in [0.5, 0.6) is 0 Å². The average molecular weight is 665 g/mol. The number of ketones is 1. The largest absolute Gasteiger partial charge is 0.481 e. The maximum Gasteiger partial charge on any atom is 0.305 e. The molecule has 1 atom stereocenters. The summed E-state index contributed by atoms with van der Waals surface area (Å²) in [4.78, 5) is 58.6. The van der Waals surface area contributed by atoms with E-state index in [1.54, 1.807) is 18.2 Å². The number of amides is 2. The number of aliphatic carboxylic acids is 1. The number of anilines is 2. The molecule has 12 heteroatoms. The molecular weight excluding hydrogens is 616 g/mol. The van der Waals surface area contributed by atoms with Crippen LogP contribution in [0.1, 0.15) is 105 Å². The van der Waals surface area contributed by atoms with Crippen molar-refractivity contribution < 1.29 is 24.3 Å². The highest BCUT2D eigenvalue weighted by atomic mass is 32.1. The number of benzene rings is 1. The summed E-state index contributed by atoms with van der Waals surface area (Å²) in [5, 5.41) is 22.2. The van der Waals surface area contributed by atoms with E-state index in [0.717, 1.165) is 80.9 Å². The summed E-state index contributed by atoms with van der Waals surface area (Å²) in [5.74, 6) is -0.501. The van der Waals surface area contributed by atoms with Crippen molar-refractivity contribution in [1.29, 1.82) is 0 Å². The van der Waals surface area contributed by atoms with Crippen LogP contribution in [-0.4, -0.2) is 58.3 Å². The summed E-state index contributed by atoms with van der Waals surface area (Å²) < 4.78 is 0.668. The Morgan fingerprint density at radius 2 is 1.85 bits per heavy atom. The number of Topliss-reactive ketones (excluding diaryl/α,β-unsaturated/α-hetero) is 1. The molecule has 0 spiro atoms. The van der Waals surface area contributed by atoms with Crippen LogP contribution in [-0.2, 0) is 33.8 Å². The molecule has 4 rings (SSSR count). The third-order valence-electron chi connectivity index (χ3n) is 8.38. The van der Waals surface area contributed by atoms with Gasteiger partial charge in [-0.05, 0) is 74.9 Å². The molecule has 47 heavy (non-hydrogen) atoms. The number of unbranched alkanes of at least 4 members (excludes halogenated alkanes) is 3. The van der Waals surface area contributed by atoms with Crippen LogP contribution in [0.25, 0.3) is 10.2 Å². The predicted octanol–water partition coefficient (Wildman–Crippen LogP) is 5.87. The minimum absolute atomic E-state index is 0.0494. The van der Waals surface area contributed by atoms with Crippen molar-refractivity contribution in [2.45, 2.75) is 103 Å². The lowest BCUT2D eigenvalue weighted by molar-refractivity contribution is -0.137. The van der Waals surface area contributed by atoms with E-state index in [-0.39, 0.29) is 35.5 Å². The van der Waals surface area contributed by atoms with E-state index >= 15 is 0 Å². The molecule has 1 aromatic carbocycles. The topological polar surface area (TPSA) is 162 Å². The standard InChI is InChI=1S/C35H48N6O5S/c1-22(2)29(42)16-9-17-30(43)39-27-14-8-15-28-32(27)47-35(41-28)34(46)38-25(20-31(44)45)12-6-4-5-7-13-26-24(21-36-3)19-23-11-10-18-37-33(23)40-26/h8,14-15,19,22,25,36H,4-7,9-13,16-18,20-21H2,1-3H3,(H,37,40)(H,38,46)(H,39,43)(H,44,45)/t25-/m0/s1. The van der Waals surface area contributed by atoms with Gasteiger partial charge in [-0.1, -0.05) is 39.2 Å². The summed E-state index contributed by atoms with van der Waals surface area (Å²) in [6, 6.07) is 7.05. The molecule has 0 radical (unpaired) electrons. The van der Waals surface area contributed by atoms with Gasteiger partial charge in [-0.25, -0.2) is 9.97 Å². The number of aryl methyl sites for hydroxylation is 2. The molecule has 5 N–H and O–H groups in total. The van der Waals surface area contributed by atoms with Crippen LogP contribution in [0.2, 0.25) is 0 Å². The minimum atomic E-state index is -0.969. The normalized spacial score (nSPS) is 13.2. The van der Waals surface area contributed by atoms with E-state index in [2.05, 4.69) is 32.3 Å². The van der Waals surface area contributed by atoms with Gasteiger partial charge in [0, 0.05) is 43.6 Å². The first-order valence-electron chi connectivity index (χ1n) is 16.8. The van der Waals surface area contributed by atoms with Gasteiger partial charge in [0.25, 0.3) is 5.91 Å². The molecule has 2 amide bonds. The second-order valence-corrected chi connectivity index (χ2v) is 13.6. The third kappa shape index (κ3) is 10.8. The number of nitrogens with zero attached hydrogens (tertiary/aromatic N) is 2. The summed E-state index contributed by atoms with van der Waals surface area (Å²) in [6.45, 7) is 5.44. The molecule has 0 fully saturated rings. The number of fused-ring (bicyclic) bond motifs is 2. The van der Waals surface area contributed by atoms with Crippen LogP contribution >= 0.6 is 11.3 Å². The maximum atomic E-state index is 13.2. The van der Waals surface area contributed by atoms with Gasteiger partial charge in [0.05, 0.1) is 22.3 Å². The van der Waals surface area contributed by atoms with Crippen LogP contribution in [0.3, 0.4) is 0 Å². The molecule has 0 saturated carbocycles. The Morgan fingerprint density at radius 1 is 1.04 bits per heavy atom. The van der Waals surface area contributed by atoms with Crippen LogP contribution in [0, 0.1) is 5.92 Å². The molecule has 0 saturated heterocycles. The predicted molar refractivity (Wildman–Crippen MR) is 186 cm³/mol. The fourth-order valence-electron chi connectivity index (χ4n) is 5.82. The molecule has 0 aliphatic carbocycles. The number of hydrogen-bond acceptors (Lipinski definition) is 9. The highest BCUT2D eigenvalue weighted by molar-refractivity contribution is 7.21. The Kier molecular flexibility index (Phi) is 13.7. The first-order valence-corrected chi connectivity index (χ1v) is 17.6. The number of carbonyl (C=O) groups excluding carboxylic acids is 3. The van der Waals surface area contributed by atoms with Crippen molar-refractivity contribution in [2.24, 2.45) is 5.92 Å². The molecule has 2 aromatic heterocycles. The number of carboxylic acid groups (broad SMARTS) is 1. The van der Waals surface area contributed by atoms with Crippen LogP contribution < -0.4 is 21.3 Å². The van der Waals surface area contributed by atoms with Crippen molar-refractivity contribution in [3.05, 3.63) is 46.1 Å². The summed E-state index contributed by atoms with van der Waals surface area (Å²) in [7, 11) is 1.95. The van der Waals surface area contributed by atoms with Gasteiger partial charge in [-0.3, -0.25) is 19.2 Å². The fraction of sp³-hybridized carbons (Fsp3) is 0.543. The molecule has 0 bridgehead atoms. The Bertz CT molecular complexity index is 1550. The zero-order chi connectivity index (χ0) is 33.8. The van der Waals surface area contributed by atoms with Crippen LogP contribution in [0.15, 0.2) is 24.3 Å². The average Bonchev–Trinajstić information content (AvgIpc) is 3.48. The molecule has 3 aromatic rings. The first kappa shape index (κ1) is 35.9. The van der Waals surface area contributed by atoms with E-state index in [9.17, 15) is 24.3 Å². The van der Waals surface area contributed by atoms with Crippen molar-refractivity contribution >= 4 is 56.6 Å². The van der Waals surface area contributed by atoms with Crippen molar-refractivity contribution in [3.8, 4) is 0 Å². The SMILES string of the molecule is CNCc1cc2c(nc1CCCCCC[C@@H](CC(=O)O)NC(=O)c1nc3cccc(NC(=O)CCCC(=O)C(C)C)c3s1)NCCC2. The molecule has 0 unspecified atom stereocenters. The Labute approximate surface area is 280 Å². The lowest BCUT2D eigenvalue weighted by Gasteiger charge is -2.20. The van der Waals surface area contributed by atoms with Crippen molar-refractivity contribution in [3.63, 3.8) is 0 Å². The van der Waals surface area contributed by atoms with E-state index in [1.807, 2.05) is 20.9 Å². The molecule has 254 valence electrons. The lowest BCUT2D eigenvalue weighted by Crippen LogP contribution is -2.36. The van der Waals surface area contributed by atoms with E-state index in [0.29, 0.717) is 35.2 Å². The number of carboxylic acids is 1. The zero-order valence-electron chi connectivity index (χ0n) is 27.7. The number of thiazole rings is 1. The highest BCUT2D eigenvalue weighted by Gasteiger charge is 2.21. The Hall–Kier alpha value is -3.90. The van der Waals surface area contributed by atoms with Gasteiger partial charge in [-0.15, -0.1) is 11.3 Å². The first-order chi connectivity index (χ1) is 22.6. The Balaban J connectivity index is 1.27. The monoisotopic (exact) mass is 664 g/mol. The van der Waals surface area contributed by atoms with Crippen LogP contribution in [0.4, 0.5) is 11.5 Å². The third-order valence-corrected chi connectivity index (χ3v) is 9.48. The summed E-state index contributed by atoms with van der Waals surface area (Å²) >= 11 is 1.16. The van der Waals surface area contributed by atoms with E-state index < -0.39 is 17.9 Å². The minimum Gasteiger partial charge on any atom is -0.481 e. The number of nitrogens with one attached hydrogen (secondary N) is 4. The number of rotatable bonds is 19. The lowest BCUT2D eigenvalue weighted by atomic mass is 9.99. The molecule has 11 nitrogen and oxygen atoms in total. The number of aromatic nitrogens is 2. The second kappa shape index (κ2) is 17.9. The number of hydrogen-bond donors (Lipinski definition) is 5. The summed E-state index contributed by atoms with van der Waals surface area (Å²) in [6.07, 6.45) is 8.19. The van der Waals surface area contributed by atoms with Gasteiger partial charge >= 0.3 is 5.97 Å². The van der Waals surface area contributed by atoms with Crippen molar-refractivity contribution in [1.82, 2.24) is 20.6 Å². The van der Waals surface area contributed by atoms with Gasteiger partial charge < -0.3 is 26.4 Å². The van der Waals surface area contributed by atoms with Gasteiger partial charge in [0.1, 0.15) is 11.6 Å². The fourth-order valence-corrected chi connectivity index (χ4v) is 6.76. The highest BCUT2D eigenvalue weighted by Crippen LogP contribution is 2.30. The van der Waals surface area contributed by atoms with Crippen molar-refractivity contribution in [2.75, 3.05) is 24.2 Å². The molecule has 1 aliphatic heterocycles. The molecule has 3 heterocycles. The summed E-state index contributed by atoms with van der Waals surface area (Å²) in [5.41, 5.74) is 4.79. The van der Waals surface area contributed by atoms with E-state index in [1.165, 1.54) is 11.1 Å². The maximum absolute atomic E-state index is 13.2. The quantitative estimate of drug-likeness (QED) is 0.0987. The Morgan fingerprint density at radius 3 is 2.62 bits per heavy atom. The number of pyridine rings is 1. The zero-order valence-corrected chi connectivity index (χ0v) is 28.6. The molecular formula is C35H48N6O5S. The smallest absolute Gasteiger partial charge is 0.305 e. The van der Waals surface area contributed by atoms with Gasteiger partial charge in [0.2, 0.25) is 5.91 Å². The van der Waals surface area contributed by atoms with E-state index in [4.69, 9.17) is 4.98 Å². The number of carbonyl (C=O) groups is 4. The van der Waals surface area contributed by atoms with Gasteiger partial charge in [0.15, 0.2) is 5.01 Å².